The Kier molecular flexibility index (Phi) is 3.10. The molecule has 0 bridgehead atoms. The number of ether oxygens (including phenoxy) is 1. The van der Waals surface area contributed by atoms with E-state index in [0.717, 1.165) is 51.6 Å². The van der Waals surface area contributed by atoms with Gasteiger partial charge in [-0.2, -0.15) is 0 Å². The molecule has 1 atom stereocenters. The number of carbonyl (C=O) groups is 1. The number of carboxylic acid groups (broad SMARTS) is 1. The van der Waals surface area contributed by atoms with Gasteiger partial charge in [0.15, 0.2) is 0 Å². The molecule has 18 heavy (non-hydrogen) atoms. The van der Waals surface area contributed by atoms with Crippen molar-refractivity contribution in [2.24, 2.45) is 0 Å². The van der Waals surface area contributed by atoms with Crippen LogP contribution in [0.3, 0.4) is 0 Å². The first-order chi connectivity index (χ1) is 8.64. The maximum atomic E-state index is 11.4. The second-order valence-corrected chi connectivity index (χ2v) is 6.31. The summed E-state index contributed by atoms with van der Waals surface area (Å²) in [5, 5.41) is 12.8. The number of rotatable bonds is 3. The summed E-state index contributed by atoms with van der Waals surface area (Å²) in [6.07, 6.45) is 9.40. The standard InChI is InChI=1S/C14H23NO3/c16-12(17)14(7-3-8-14)15-11-4-9-18-13(10-11)5-1-2-6-13/h11,15H,1-10H2,(H,16,17). The average molecular weight is 253 g/mol. The number of hydrogen-bond acceptors (Lipinski definition) is 3. The molecule has 1 aliphatic heterocycles. The van der Waals surface area contributed by atoms with Crippen molar-refractivity contribution in [1.82, 2.24) is 5.32 Å². The van der Waals surface area contributed by atoms with Crippen LogP contribution in [0, 0.1) is 0 Å². The van der Waals surface area contributed by atoms with Crippen LogP contribution < -0.4 is 5.32 Å². The summed E-state index contributed by atoms with van der Waals surface area (Å²) in [4.78, 5) is 11.4. The third kappa shape index (κ3) is 2.05. The molecule has 4 nitrogen and oxygen atoms in total. The molecule has 0 aromatic rings. The molecular formula is C14H23NO3. The van der Waals surface area contributed by atoms with Crippen LogP contribution in [0.4, 0.5) is 0 Å². The van der Waals surface area contributed by atoms with Crippen molar-refractivity contribution in [3.05, 3.63) is 0 Å². The van der Waals surface area contributed by atoms with E-state index in [4.69, 9.17) is 4.74 Å². The molecule has 1 unspecified atom stereocenters. The summed E-state index contributed by atoms with van der Waals surface area (Å²) in [7, 11) is 0. The Bertz CT molecular complexity index is 332. The Morgan fingerprint density at radius 1 is 1.17 bits per heavy atom. The van der Waals surface area contributed by atoms with Crippen LogP contribution in [0.2, 0.25) is 0 Å². The van der Waals surface area contributed by atoms with Gasteiger partial charge in [-0.25, -0.2) is 0 Å². The molecule has 1 heterocycles. The van der Waals surface area contributed by atoms with E-state index in [1.165, 1.54) is 12.8 Å². The highest BCUT2D eigenvalue weighted by Crippen LogP contribution is 2.41. The molecule has 2 N–H and O–H groups in total. The summed E-state index contributed by atoms with van der Waals surface area (Å²) in [6.45, 7) is 0.785. The maximum Gasteiger partial charge on any atom is 0.323 e. The van der Waals surface area contributed by atoms with Crippen LogP contribution in [0.15, 0.2) is 0 Å². The van der Waals surface area contributed by atoms with Gasteiger partial charge in [0.05, 0.1) is 5.60 Å². The second kappa shape index (κ2) is 4.49. The van der Waals surface area contributed by atoms with Crippen molar-refractivity contribution >= 4 is 5.97 Å². The van der Waals surface area contributed by atoms with Gasteiger partial charge in [-0.1, -0.05) is 12.8 Å². The third-order valence-corrected chi connectivity index (χ3v) is 5.10. The van der Waals surface area contributed by atoms with E-state index in [1.807, 2.05) is 0 Å². The van der Waals surface area contributed by atoms with Crippen molar-refractivity contribution in [3.8, 4) is 0 Å². The van der Waals surface area contributed by atoms with E-state index in [2.05, 4.69) is 5.32 Å². The van der Waals surface area contributed by atoms with Crippen LogP contribution in [0.1, 0.15) is 57.8 Å². The highest BCUT2D eigenvalue weighted by Gasteiger charge is 2.48. The van der Waals surface area contributed by atoms with Crippen molar-refractivity contribution in [3.63, 3.8) is 0 Å². The largest absolute Gasteiger partial charge is 0.480 e. The maximum absolute atomic E-state index is 11.4. The van der Waals surface area contributed by atoms with Gasteiger partial charge in [-0.05, 0) is 44.9 Å². The monoisotopic (exact) mass is 253 g/mol. The minimum atomic E-state index is -0.666. The number of nitrogens with one attached hydrogen (secondary N) is 1. The van der Waals surface area contributed by atoms with Crippen molar-refractivity contribution in [2.75, 3.05) is 6.61 Å². The number of carboxylic acids is 1. The molecule has 3 fully saturated rings. The van der Waals surface area contributed by atoms with Gasteiger partial charge in [0.25, 0.3) is 0 Å². The van der Waals surface area contributed by atoms with Crippen molar-refractivity contribution in [2.45, 2.75) is 75.0 Å². The first kappa shape index (κ1) is 12.4. The zero-order chi connectivity index (χ0) is 12.6. The third-order valence-electron chi connectivity index (χ3n) is 5.10. The molecule has 0 aromatic carbocycles. The van der Waals surface area contributed by atoms with Gasteiger partial charge in [-0.15, -0.1) is 0 Å². The number of hydrogen-bond donors (Lipinski definition) is 2. The molecule has 2 aliphatic carbocycles. The summed E-state index contributed by atoms with van der Waals surface area (Å²) >= 11 is 0. The van der Waals surface area contributed by atoms with E-state index in [-0.39, 0.29) is 5.60 Å². The highest BCUT2D eigenvalue weighted by atomic mass is 16.5. The molecule has 4 heteroatoms. The minimum absolute atomic E-state index is 0.0688. The lowest BCUT2D eigenvalue weighted by Gasteiger charge is -2.45. The van der Waals surface area contributed by atoms with Gasteiger partial charge in [-0.3, -0.25) is 10.1 Å². The van der Waals surface area contributed by atoms with E-state index < -0.39 is 11.5 Å². The van der Waals surface area contributed by atoms with Crippen LogP contribution in [0.25, 0.3) is 0 Å². The van der Waals surface area contributed by atoms with Crippen molar-refractivity contribution < 1.29 is 14.6 Å². The fraction of sp³-hybridized carbons (Fsp3) is 0.929. The first-order valence-corrected chi connectivity index (χ1v) is 7.29. The second-order valence-electron chi connectivity index (χ2n) is 6.31. The Labute approximate surface area is 108 Å². The first-order valence-electron chi connectivity index (χ1n) is 7.29. The minimum Gasteiger partial charge on any atom is -0.480 e. The lowest BCUT2D eigenvalue weighted by molar-refractivity contribution is -0.151. The average Bonchev–Trinajstić information content (AvgIpc) is 2.71. The summed E-state index contributed by atoms with van der Waals surface area (Å²) in [5.41, 5.74) is -0.554. The Balaban J connectivity index is 1.64. The molecule has 1 spiro atoms. The van der Waals surface area contributed by atoms with Gasteiger partial charge in [0.1, 0.15) is 5.54 Å². The van der Waals surface area contributed by atoms with Crippen LogP contribution in [-0.4, -0.2) is 34.9 Å². The predicted octanol–water partition coefficient (Wildman–Crippen LogP) is 2.08. The molecule has 3 aliphatic rings. The Hall–Kier alpha value is -0.610. The van der Waals surface area contributed by atoms with Crippen LogP contribution in [0.5, 0.6) is 0 Å². The molecule has 1 saturated heterocycles. The highest BCUT2D eigenvalue weighted by molar-refractivity contribution is 5.80. The molecule has 3 rings (SSSR count). The van der Waals surface area contributed by atoms with E-state index in [0.29, 0.717) is 6.04 Å². The molecule has 0 amide bonds. The quantitative estimate of drug-likeness (QED) is 0.808. The zero-order valence-electron chi connectivity index (χ0n) is 10.9. The Morgan fingerprint density at radius 3 is 2.44 bits per heavy atom. The van der Waals surface area contributed by atoms with E-state index >= 15 is 0 Å². The summed E-state index contributed by atoms with van der Waals surface area (Å²) < 4.78 is 6.00. The number of aliphatic carboxylic acids is 1. The molecular weight excluding hydrogens is 230 g/mol. The topological polar surface area (TPSA) is 58.6 Å². The fourth-order valence-electron chi connectivity index (χ4n) is 3.86. The van der Waals surface area contributed by atoms with Gasteiger partial charge < -0.3 is 9.84 Å². The van der Waals surface area contributed by atoms with E-state index in [1.54, 1.807) is 0 Å². The lowest BCUT2D eigenvalue weighted by atomic mass is 9.75. The SMILES string of the molecule is O=C(O)C1(NC2CCOC3(CCCC3)C2)CCC1. The summed E-state index contributed by atoms with van der Waals surface area (Å²) in [6, 6.07) is 0.327. The van der Waals surface area contributed by atoms with Gasteiger partial charge in [0.2, 0.25) is 0 Å². The predicted molar refractivity (Wildman–Crippen MR) is 67.5 cm³/mol. The molecule has 102 valence electrons. The van der Waals surface area contributed by atoms with Crippen LogP contribution in [-0.2, 0) is 9.53 Å². The summed E-state index contributed by atoms with van der Waals surface area (Å²) in [5.74, 6) is -0.666. The zero-order valence-corrected chi connectivity index (χ0v) is 10.9. The van der Waals surface area contributed by atoms with Crippen LogP contribution >= 0.6 is 0 Å². The normalized spacial score (nSPS) is 33.2. The molecule has 0 aromatic heterocycles. The smallest absolute Gasteiger partial charge is 0.323 e. The molecule has 0 radical (unpaired) electrons. The fourth-order valence-corrected chi connectivity index (χ4v) is 3.86. The van der Waals surface area contributed by atoms with E-state index in [9.17, 15) is 9.90 Å². The van der Waals surface area contributed by atoms with Gasteiger partial charge in [0, 0.05) is 12.6 Å². The lowest BCUT2D eigenvalue weighted by Crippen LogP contribution is -2.62. The Morgan fingerprint density at radius 2 is 1.89 bits per heavy atom. The van der Waals surface area contributed by atoms with Gasteiger partial charge >= 0.3 is 5.97 Å². The van der Waals surface area contributed by atoms with Crippen molar-refractivity contribution in [1.29, 1.82) is 0 Å². The molecule has 2 saturated carbocycles.